The minimum absolute atomic E-state index is 0.0901. The molecule has 1 aromatic rings. The molecule has 0 aliphatic carbocycles. The molecule has 0 aromatic carbocycles. The Labute approximate surface area is 145 Å². The molecule has 9 heteroatoms. The highest BCUT2D eigenvalue weighted by Crippen LogP contribution is 2.22. The molecule has 3 N–H and O–H groups in total. The molecular weight excluding hydrogens is 332 g/mol. The van der Waals surface area contributed by atoms with Crippen molar-refractivity contribution in [2.24, 2.45) is 0 Å². The van der Waals surface area contributed by atoms with Crippen molar-refractivity contribution in [3.63, 3.8) is 0 Å². The number of hydrogen-bond donors (Lipinski definition) is 3. The summed E-state index contributed by atoms with van der Waals surface area (Å²) in [6.45, 7) is 7.27. The lowest BCUT2D eigenvalue weighted by molar-refractivity contribution is -0.142. The Morgan fingerprint density at radius 2 is 2.04 bits per heavy atom. The molecule has 1 atom stereocenters. The third kappa shape index (κ3) is 6.25. The minimum Gasteiger partial charge on any atom is -0.480 e. The van der Waals surface area contributed by atoms with Gasteiger partial charge in [0.05, 0.1) is 12.2 Å². The molecule has 0 saturated carbocycles. The summed E-state index contributed by atoms with van der Waals surface area (Å²) >= 11 is 1.40. The van der Waals surface area contributed by atoms with Crippen LogP contribution in [0.1, 0.15) is 31.3 Å². The maximum atomic E-state index is 12.2. The molecule has 134 valence electrons. The van der Waals surface area contributed by atoms with Gasteiger partial charge in [0.2, 0.25) is 11.8 Å². The Kier molecular flexibility index (Phi) is 7.80. The Morgan fingerprint density at radius 1 is 1.38 bits per heavy atom. The predicted octanol–water partition coefficient (Wildman–Crippen LogP) is 0.864. The summed E-state index contributed by atoms with van der Waals surface area (Å²) in [5.41, 5.74) is 0.941. The van der Waals surface area contributed by atoms with Crippen molar-refractivity contribution in [3.05, 3.63) is 10.6 Å². The van der Waals surface area contributed by atoms with Gasteiger partial charge in [-0.25, -0.2) is 4.98 Å². The van der Waals surface area contributed by atoms with Gasteiger partial charge in [0.1, 0.15) is 6.04 Å². The van der Waals surface area contributed by atoms with Crippen molar-refractivity contribution >= 4 is 34.3 Å². The van der Waals surface area contributed by atoms with Gasteiger partial charge in [0, 0.05) is 24.9 Å². The summed E-state index contributed by atoms with van der Waals surface area (Å²) in [5, 5.41) is 15.0. The van der Waals surface area contributed by atoms with Crippen LogP contribution in [0, 0.1) is 6.92 Å². The molecule has 0 saturated heterocycles. The molecule has 1 aromatic heterocycles. The normalized spacial score (nSPS) is 12.0. The average Bonchev–Trinajstić information content (AvgIpc) is 2.84. The van der Waals surface area contributed by atoms with E-state index in [1.807, 2.05) is 13.8 Å². The maximum absolute atomic E-state index is 12.2. The van der Waals surface area contributed by atoms with Crippen molar-refractivity contribution in [2.45, 2.75) is 40.2 Å². The van der Waals surface area contributed by atoms with Gasteiger partial charge in [-0.2, -0.15) is 0 Å². The van der Waals surface area contributed by atoms with Crippen LogP contribution >= 0.6 is 11.3 Å². The summed E-state index contributed by atoms with van der Waals surface area (Å²) in [6.07, 6.45) is 0.789. The van der Waals surface area contributed by atoms with Gasteiger partial charge in [0.25, 0.3) is 0 Å². The van der Waals surface area contributed by atoms with E-state index in [1.54, 1.807) is 0 Å². The van der Waals surface area contributed by atoms with E-state index in [1.165, 1.54) is 30.1 Å². The number of hydrogen-bond acceptors (Lipinski definition) is 6. The topological polar surface area (TPSA) is 112 Å². The highest BCUT2D eigenvalue weighted by molar-refractivity contribution is 7.15. The number of anilines is 1. The second kappa shape index (κ2) is 9.33. The number of thiazole rings is 1. The predicted molar refractivity (Wildman–Crippen MR) is 92.2 cm³/mol. The number of aromatic nitrogens is 1. The third-order valence-corrected chi connectivity index (χ3v) is 4.43. The van der Waals surface area contributed by atoms with E-state index >= 15 is 0 Å². The third-order valence-electron chi connectivity index (χ3n) is 3.50. The second-order valence-electron chi connectivity index (χ2n) is 5.39. The number of carbonyl (C=O) groups excluding carboxylic acids is 2. The van der Waals surface area contributed by atoms with E-state index in [-0.39, 0.29) is 31.4 Å². The summed E-state index contributed by atoms with van der Waals surface area (Å²) in [4.78, 5) is 41.2. The number of aliphatic carboxylic acids is 1. The van der Waals surface area contributed by atoms with Gasteiger partial charge in [-0.3, -0.25) is 19.3 Å². The SMILES string of the molecule is CCc1nc(NC(=O)CN(CCNC(C)=O)C(C)C(=O)O)sc1C. The molecule has 1 unspecified atom stereocenters. The van der Waals surface area contributed by atoms with E-state index in [0.29, 0.717) is 5.13 Å². The number of carbonyl (C=O) groups is 3. The molecule has 0 fully saturated rings. The lowest BCUT2D eigenvalue weighted by atomic mass is 10.2. The maximum Gasteiger partial charge on any atom is 0.320 e. The Balaban J connectivity index is 2.67. The average molecular weight is 356 g/mol. The van der Waals surface area contributed by atoms with E-state index < -0.39 is 12.0 Å². The van der Waals surface area contributed by atoms with Crippen LogP contribution in [0.15, 0.2) is 0 Å². The smallest absolute Gasteiger partial charge is 0.320 e. The van der Waals surface area contributed by atoms with Crippen LogP contribution in [0.25, 0.3) is 0 Å². The van der Waals surface area contributed by atoms with Crippen molar-refractivity contribution in [2.75, 3.05) is 25.0 Å². The summed E-state index contributed by atoms with van der Waals surface area (Å²) in [5.74, 6) is -1.56. The molecule has 1 rings (SSSR count). The lowest BCUT2D eigenvalue weighted by Crippen LogP contribution is -2.46. The van der Waals surface area contributed by atoms with Gasteiger partial charge in [-0.15, -0.1) is 11.3 Å². The van der Waals surface area contributed by atoms with Gasteiger partial charge >= 0.3 is 5.97 Å². The largest absolute Gasteiger partial charge is 0.480 e. The molecule has 0 radical (unpaired) electrons. The van der Waals surface area contributed by atoms with E-state index in [9.17, 15) is 14.4 Å². The van der Waals surface area contributed by atoms with Crippen LogP contribution in [0.2, 0.25) is 0 Å². The first kappa shape index (κ1) is 20.0. The van der Waals surface area contributed by atoms with Crippen molar-refractivity contribution in [1.29, 1.82) is 0 Å². The lowest BCUT2D eigenvalue weighted by Gasteiger charge is -2.25. The molecule has 24 heavy (non-hydrogen) atoms. The first-order valence-electron chi connectivity index (χ1n) is 7.72. The van der Waals surface area contributed by atoms with E-state index in [0.717, 1.165) is 17.0 Å². The fraction of sp³-hybridized carbons (Fsp3) is 0.600. The highest BCUT2D eigenvalue weighted by Gasteiger charge is 2.23. The molecule has 0 spiro atoms. The van der Waals surface area contributed by atoms with Crippen molar-refractivity contribution < 1.29 is 19.5 Å². The molecule has 0 bridgehead atoms. The fourth-order valence-electron chi connectivity index (χ4n) is 2.09. The summed E-state index contributed by atoms with van der Waals surface area (Å²) in [7, 11) is 0. The number of amides is 2. The Hall–Kier alpha value is -2.00. The molecule has 1 heterocycles. The van der Waals surface area contributed by atoms with Crippen LogP contribution in [-0.2, 0) is 20.8 Å². The van der Waals surface area contributed by atoms with Crippen LogP contribution in [0.5, 0.6) is 0 Å². The van der Waals surface area contributed by atoms with Crippen molar-refractivity contribution in [3.8, 4) is 0 Å². The highest BCUT2D eigenvalue weighted by atomic mass is 32.1. The Morgan fingerprint density at radius 3 is 2.54 bits per heavy atom. The quantitative estimate of drug-likeness (QED) is 0.605. The number of carboxylic acids is 1. The van der Waals surface area contributed by atoms with Gasteiger partial charge < -0.3 is 15.7 Å². The number of carboxylic acid groups (broad SMARTS) is 1. The number of nitrogens with zero attached hydrogens (tertiary/aromatic N) is 2. The molecule has 0 aliphatic rings. The Bertz CT molecular complexity index is 602. The molecular formula is C15H24N4O4S. The monoisotopic (exact) mass is 356 g/mol. The van der Waals surface area contributed by atoms with Gasteiger partial charge in [0.15, 0.2) is 5.13 Å². The number of nitrogens with one attached hydrogen (secondary N) is 2. The molecule has 0 aliphatic heterocycles. The summed E-state index contributed by atoms with van der Waals surface area (Å²) in [6, 6.07) is -0.839. The zero-order valence-corrected chi connectivity index (χ0v) is 15.2. The minimum atomic E-state index is -1.02. The first-order valence-corrected chi connectivity index (χ1v) is 8.53. The molecule has 2 amide bonds. The van der Waals surface area contributed by atoms with Crippen LogP contribution in [0.4, 0.5) is 5.13 Å². The summed E-state index contributed by atoms with van der Waals surface area (Å²) < 4.78 is 0. The molecule has 8 nitrogen and oxygen atoms in total. The zero-order valence-electron chi connectivity index (χ0n) is 14.4. The van der Waals surface area contributed by atoms with E-state index in [2.05, 4.69) is 15.6 Å². The van der Waals surface area contributed by atoms with Crippen LogP contribution in [-0.4, -0.2) is 58.5 Å². The number of aryl methyl sites for hydroxylation is 2. The van der Waals surface area contributed by atoms with E-state index in [4.69, 9.17) is 5.11 Å². The second-order valence-corrected chi connectivity index (χ2v) is 6.59. The van der Waals surface area contributed by atoms with Gasteiger partial charge in [-0.05, 0) is 20.3 Å². The fourth-order valence-corrected chi connectivity index (χ4v) is 3.01. The zero-order chi connectivity index (χ0) is 18.3. The van der Waals surface area contributed by atoms with Gasteiger partial charge in [-0.1, -0.05) is 6.92 Å². The standard InChI is InChI=1S/C15H24N4O4S/c1-5-12-10(3)24-15(17-12)18-13(21)8-19(9(2)14(22)23)7-6-16-11(4)20/h9H,5-8H2,1-4H3,(H,16,20)(H,22,23)(H,17,18,21). The first-order chi connectivity index (χ1) is 11.2. The van der Waals surface area contributed by atoms with Crippen molar-refractivity contribution in [1.82, 2.24) is 15.2 Å². The van der Waals surface area contributed by atoms with Crippen LogP contribution in [0.3, 0.4) is 0 Å². The van der Waals surface area contributed by atoms with Crippen LogP contribution < -0.4 is 10.6 Å². The number of rotatable bonds is 9.